The molecule has 0 spiro atoms. The first-order chi connectivity index (χ1) is 9.37. The average Bonchev–Trinajstić information content (AvgIpc) is 2.35. The second-order valence-electron chi connectivity index (χ2n) is 7.41. The Bertz CT molecular complexity index is 445. The highest BCUT2D eigenvalue weighted by Gasteiger charge is 2.23. The number of rotatable bonds is 4. The van der Waals surface area contributed by atoms with E-state index >= 15 is 0 Å². The van der Waals surface area contributed by atoms with Crippen molar-refractivity contribution in [2.45, 2.75) is 59.5 Å². The highest BCUT2D eigenvalue weighted by Crippen LogP contribution is 2.37. The van der Waals surface area contributed by atoms with E-state index < -0.39 is 6.10 Å². The third kappa shape index (κ3) is 3.99. The van der Waals surface area contributed by atoms with Crippen molar-refractivity contribution in [2.24, 2.45) is 11.3 Å². The number of ether oxygens (including phenoxy) is 1. The summed E-state index contributed by atoms with van der Waals surface area (Å²) in [7, 11) is 0. The van der Waals surface area contributed by atoms with Gasteiger partial charge < -0.3 is 9.84 Å². The quantitative estimate of drug-likeness (QED) is 0.877. The normalized spacial score (nSPS) is 18.1. The first kappa shape index (κ1) is 15.4. The maximum atomic E-state index is 10.6. The third-order valence-corrected chi connectivity index (χ3v) is 3.91. The minimum atomic E-state index is -0.416. The van der Waals surface area contributed by atoms with E-state index in [1.54, 1.807) is 0 Å². The van der Waals surface area contributed by atoms with E-state index in [0.29, 0.717) is 11.3 Å². The highest BCUT2D eigenvalue weighted by molar-refractivity contribution is 5.43. The fourth-order valence-corrected chi connectivity index (χ4v) is 3.31. The predicted octanol–water partition coefficient (Wildman–Crippen LogP) is 4.51. The molecule has 0 bridgehead atoms. The summed E-state index contributed by atoms with van der Waals surface area (Å²) in [4.78, 5) is 0. The molecule has 2 heteroatoms. The summed E-state index contributed by atoms with van der Waals surface area (Å²) in [6.45, 7) is 9.76. The van der Waals surface area contributed by atoms with Gasteiger partial charge in [-0.25, -0.2) is 0 Å². The number of para-hydroxylation sites is 1. The summed E-state index contributed by atoms with van der Waals surface area (Å²) in [5.74, 6) is 1.44. The van der Waals surface area contributed by atoms with Crippen LogP contribution < -0.4 is 4.74 Å². The summed E-state index contributed by atoms with van der Waals surface area (Å²) in [5, 5.41) is 10.6. The van der Waals surface area contributed by atoms with E-state index in [-0.39, 0.29) is 0 Å². The fourth-order valence-electron chi connectivity index (χ4n) is 3.31. The molecule has 2 unspecified atom stereocenters. The van der Waals surface area contributed by atoms with Crippen molar-refractivity contribution >= 4 is 0 Å². The van der Waals surface area contributed by atoms with Gasteiger partial charge in [-0.1, -0.05) is 45.9 Å². The molecule has 0 amide bonds. The Labute approximate surface area is 123 Å². The molecule has 1 aromatic rings. The Balaban J connectivity index is 2.08. The molecular weight excluding hydrogens is 248 g/mol. The zero-order chi connectivity index (χ0) is 14.8. The molecule has 0 saturated heterocycles. The van der Waals surface area contributed by atoms with Crippen LogP contribution in [0.5, 0.6) is 5.75 Å². The van der Waals surface area contributed by atoms with Gasteiger partial charge in [-0.15, -0.1) is 0 Å². The first-order valence-electron chi connectivity index (χ1n) is 7.79. The SMILES string of the molecule is CC(CC(O)c1cccc2c1OCCC2)CC(C)(C)C. The molecule has 1 aliphatic heterocycles. The molecule has 1 aromatic carbocycles. The molecule has 0 saturated carbocycles. The van der Waals surface area contributed by atoms with Crippen LogP contribution in [-0.2, 0) is 6.42 Å². The standard InChI is InChI=1S/C18H28O2/c1-13(12-18(2,3)4)11-16(19)15-9-5-7-14-8-6-10-20-17(14)15/h5,7,9,13,16,19H,6,8,10-12H2,1-4H3. The summed E-state index contributed by atoms with van der Waals surface area (Å²) in [6, 6.07) is 6.17. The lowest BCUT2D eigenvalue weighted by molar-refractivity contribution is 0.128. The Morgan fingerprint density at radius 3 is 2.75 bits per heavy atom. The zero-order valence-electron chi connectivity index (χ0n) is 13.3. The smallest absolute Gasteiger partial charge is 0.128 e. The largest absolute Gasteiger partial charge is 0.493 e. The molecule has 1 N–H and O–H groups in total. The molecule has 20 heavy (non-hydrogen) atoms. The van der Waals surface area contributed by atoms with Crippen LogP contribution in [0.25, 0.3) is 0 Å². The molecule has 0 radical (unpaired) electrons. The van der Waals surface area contributed by atoms with Crippen molar-refractivity contribution in [3.63, 3.8) is 0 Å². The lowest BCUT2D eigenvalue weighted by Crippen LogP contribution is -2.16. The van der Waals surface area contributed by atoms with E-state index in [0.717, 1.165) is 43.6 Å². The first-order valence-corrected chi connectivity index (χ1v) is 7.79. The molecular formula is C18H28O2. The second kappa shape index (κ2) is 6.17. The van der Waals surface area contributed by atoms with Crippen molar-refractivity contribution in [1.82, 2.24) is 0 Å². The number of hydrogen-bond acceptors (Lipinski definition) is 2. The Kier molecular flexibility index (Phi) is 4.74. The van der Waals surface area contributed by atoms with Gasteiger partial charge in [0.1, 0.15) is 5.75 Å². The number of aliphatic hydroxyl groups is 1. The van der Waals surface area contributed by atoms with Gasteiger partial charge in [-0.3, -0.25) is 0 Å². The predicted molar refractivity (Wildman–Crippen MR) is 83.1 cm³/mol. The summed E-state index contributed by atoms with van der Waals surface area (Å²) >= 11 is 0. The van der Waals surface area contributed by atoms with Gasteiger partial charge in [-0.05, 0) is 42.6 Å². The summed E-state index contributed by atoms with van der Waals surface area (Å²) < 4.78 is 5.80. The van der Waals surface area contributed by atoms with Crippen molar-refractivity contribution in [3.8, 4) is 5.75 Å². The second-order valence-corrected chi connectivity index (χ2v) is 7.41. The Morgan fingerprint density at radius 1 is 1.30 bits per heavy atom. The van der Waals surface area contributed by atoms with E-state index in [4.69, 9.17) is 4.74 Å². The molecule has 112 valence electrons. The molecule has 0 aliphatic carbocycles. The molecule has 2 nitrogen and oxygen atoms in total. The monoisotopic (exact) mass is 276 g/mol. The van der Waals surface area contributed by atoms with E-state index in [9.17, 15) is 5.11 Å². The van der Waals surface area contributed by atoms with Crippen LogP contribution in [-0.4, -0.2) is 11.7 Å². The van der Waals surface area contributed by atoms with Gasteiger partial charge in [0, 0.05) is 5.56 Å². The lowest BCUT2D eigenvalue weighted by Gasteiger charge is -2.27. The average molecular weight is 276 g/mol. The number of aliphatic hydroxyl groups excluding tert-OH is 1. The minimum absolute atomic E-state index is 0.311. The third-order valence-electron chi connectivity index (χ3n) is 3.91. The van der Waals surface area contributed by atoms with E-state index in [2.05, 4.69) is 33.8 Å². The van der Waals surface area contributed by atoms with Crippen molar-refractivity contribution in [2.75, 3.05) is 6.61 Å². The van der Waals surface area contributed by atoms with Crippen LogP contribution >= 0.6 is 0 Å². The van der Waals surface area contributed by atoms with Gasteiger partial charge in [0.2, 0.25) is 0 Å². The molecule has 1 heterocycles. The van der Waals surface area contributed by atoms with Crippen LogP contribution in [0, 0.1) is 11.3 Å². The summed E-state index contributed by atoms with van der Waals surface area (Å²) in [6.07, 6.45) is 3.65. The minimum Gasteiger partial charge on any atom is -0.493 e. The Morgan fingerprint density at radius 2 is 2.05 bits per heavy atom. The van der Waals surface area contributed by atoms with Gasteiger partial charge in [0.25, 0.3) is 0 Å². The molecule has 1 aliphatic rings. The summed E-state index contributed by atoms with van der Waals surface area (Å²) in [5.41, 5.74) is 2.53. The van der Waals surface area contributed by atoms with Crippen molar-refractivity contribution in [3.05, 3.63) is 29.3 Å². The van der Waals surface area contributed by atoms with E-state index in [1.165, 1.54) is 5.56 Å². The van der Waals surface area contributed by atoms with Gasteiger partial charge in [-0.2, -0.15) is 0 Å². The fraction of sp³-hybridized carbons (Fsp3) is 0.667. The topological polar surface area (TPSA) is 29.5 Å². The van der Waals surface area contributed by atoms with Crippen LogP contribution in [0.1, 0.15) is 64.2 Å². The van der Waals surface area contributed by atoms with Crippen molar-refractivity contribution < 1.29 is 9.84 Å². The lowest BCUT2D eigenvalue weighted by atomic mass is 9.82. The number of aryl methyl sites for hydroxylation is 1. The van der Waals surface area contributed by atoms with Crippen molar-refractivity contribution in [1.29, 1.82) is 0 Å². The maximum absolute atomic E-state index is 10.6. The molecule has 2 atom stereocenters. The van der Waals surface area contributed by atoms with Crippen LogP contribution in [0.3, 0.4) is 0 Å². The molecule has 0 aromatic heterocycles. The van der Waals surface area contributed by atoms with Gasteiger partial charge >= 0.3 is 0 Å². The number of hydrogen-bond donors (Lipinski definition) is 1. The van der Waals surface area contributed by atoms with E-state index in [1.807, 2.05) is 12.1 Å². The Hall–Kier alpha value is -1.02. The number of fused-ring (bicyclic) bond motifs is 1. The van der Waals surface area contributed by atoms with Crippen LogP contribution in [0.4, 0.5) is 0 Å². The van der Waals surface area contributed by atoms with Crippen LogP contribution in [0.15, 0.2) is 18.2 Å². The highest BCUT2D eigenvalue weighted by atomic mass is 16.5. The maximum Gasteiger partial charge on any atom is 0.128 e. The zero-order valence-corrected chi connectivity index (χ0v) is 13.3. The number of benzene rings is 1. The van der Waals surface area contributed by atoms with Crippen LogP contribution in [0.2, 0.25) is 0 Å². The van der Waals surface area contributed by atoms with Gasteiger partial charge in [0.15, 0.2) is 0 Å². The van der Waals surface area contributed by atoms with Gasteiger partial charge in [0.05, 0.1) is 12.7 Å². The molecule has 0 fully saturated rings. The molecule has 2 rings (SSSR count).